The van der Waals surface area contributed by atoms with Gasteiger partial charge in [0.2, 0.25) is 5.78 Å². The number of hydrogen-bond donors (Lipinski definition) is 1. The molecule has 174 valence electrons. The minimum Gasteiger partial charge on any atom is -0.482 e. The summed E-state index contributed by atoms with van der Waals surface area (Å²) in [6, 6.07) is 15.5. The van der Waals surface area contributed by atoms with E-state index in [1.54, 1.807) is 11.8 Å². The molecule has 0 aliphatic rings. The summed E-state index contributed by atoms with van der Waals surface area (Å²) in [7, 11) is 0. The van der Waals surface area contributed by atoms with Crippen LogP contribution in [0.4, 0.5) is 0 Å². The van der Waals surface area contributed by atoms with E-state index in [4.69, 9.17) is 21.4 Å². The van der Waals surface area contributed by atoms with Crippen LogP contribution < -0.4 is 4.74 Å². The molecule has 0 spiro atoms. The maximum Gasteiger partial charge on any atom is 0.303 e. The molecule has 33 heavy (non-hydrogen) atoms. The second-order valence-electron chi connectivity index (χ2n) is 7.54. The predicted octanol–water partition coefficient (Wildman–Crippen LogP) is 6.84. The van der Waals surface area contributed by atoms with Crippen LogP contribution in [0.2, 0.25) is 5.02 Å². The fraction of sp³-hybridized carbons (Fsp3) is 0.320. The number of aromatic nitrogens is 1. The number of Topliss-reactive ketones (excluding diaryl/α,β-unsaturated/α-hetero) is 1. The predicted molar refractivity (Wildman–Crippen MR) is 134 cm³/mol. The molecule has 0 bridgehead atoms. The van der Waals surface area contributed by atoms with Gasteiger partial charge in [0.25, 0.3) is 0 Å². The number of hydrogen-bond acceptors (Lipinski definition) is 6. The van der Waals surface area contributed by atoms with Gasteiger partial charge in [-0.3, -0.25) is 9.59 Å². The Morgan fingerprint density at radius 2 is 1.85 bits per heavy atom. The van der Waals surface area contributed by atoms with E-state index in [-0.39, 0.29) is 12.2 Å². The Bertz CT molecular complexity index is 1080. The van der Waals surface area contributed by atoms with Gasteiger partial charge in [0.05, 0.1) is 5.69 Å². The standard InChI is InChI=1S/C25H26ClNO4S2/c1-3-21(24(30)25-27-16(2)22(33-25)5-4-6-23(28)29)31-19-11-13-20(14-12-19)32-15-17-7-9-18(26)10-8-17/h7-14,21H,3-6,15H2,1-2H3,(H,28,29). The number of nitrogens with zero attached hydrogens (tertiary/aromatic N) is 1. The van der Waals surface area contributed by atoms with E-state index < -0.39 is 12.1 Å². The van der Waals surface area contributed by atoms with E-state index in [1.807, 2.05) is 62.4 Å². The summed E-state index contributed by atoms with van der Waals surface area (Å²) in [6.07, 6.45) is 1.15. The molecule has 0 aliphatic heterocycles. The minimum atomic E-state index is -0.817. The highest BCUT2D eigenvalue weighted by Gasteiger charge is 2.24. The largest absolute Gasteiger partial charge is 0.482 e. The molecule has 1 N–H and O–H groups in total. The summed E-state index contributed by atoms with van der Waals surface area (Å²) in [6.45, 7) is 3.76. The third-order valence-corrected chi connectivity index (χ3v) is 7.55. The van der Waals surface area contributed by atoms with Gasteiger partial charge < -0.3 is 9.84 Å². The van der Waals surface area contributed by atoms with Crippen molar-refractivity contribution < 1.29 is 19.4 Å². The summed E-state index contributed by atoms with van der Waals surface area (Å²) in [4.78, 5) is 30.2. The Morgan fingerprint density at radius 1 is 1.15 bits per heavy atom. The van der Waals surface area contributed by atoms with Gasteiger partial charge in [-0.05, 0) is 68.1 Å². The number of benzene rings is 2. The number of thiazole rings is 1. The fourth-order valence-corrected chi connectivity index (χ4v) is 5.22. The van der Waals surface area contributed by atoms with Gasteiger partial charge in [0.15, 0.2) is 11.1 Å². The first-order chi connectivity index (χ1) is 15.9. The SMILES string of the molecule is CCC(Oc1ccc(SCc2ccc(Cl)cc2)cc1)C(=O)c1nc(C)c(CCCC(=O)O)s1. The maximum absolute atomic E-state index is 13.0. The van der Waals surface area contributed by atoms with Crippen molar-refractivity contribution in [3.8, 4) is 5.75 Å². The van der Waals surface area contributed by atoms with E-state index in [1.165, 1.54) is 16.9 Å². The molecule has 5 nitrogen and oxygen atoms in total. The molecule has 3 aromatic rings. The number of thioether (sulfide) groups is 1. The van der Waals surface area contributed by atoms with Crippen LogP contribution in [0.25, 0.3) is 0 Å². The molecule has 2 aromatic carbocycles. The number of ether oxygens (including phenoxy) is 1. The number of carboxylic acid groups (broad SMARTS) is 1. The topological polar surface area (TPSA) is 76.5 Å². The third-order valence-electron chi connectivity index (χ3n) is 4.98. The van der Waals surface area contributed by atoms with Gasteiger partial charge in [0, 0.05) is 27.0 Å². The first-order valence-electron chi connectivity index (χ1n) is 10.7. The molecular formula is C25H26ClNO4S2. The zero-order chi connectivity index (χ0) is 23.8. The molecule has 0 radical (unpaired) electrons. The average Bonchev–Trinajstić information content (AvgIpc) is 3.17. The van der Waals surface area contributed by atoms with Crippen LogP contribution in [-0.2, 0) is 17.0 Å². The van der Waals surface area contributed by atoms with Crippen molar-refractivity contribution in [2.24, 2.45) is 0 Å². The van der Waals surface area contributed by atoms with Crippen molar-refractivity contribution in [3.05, 3.63) is 74.7 Å². The van der Waals surface area contributed by atoms with Crippen molar-refractivity contribution >= 4 is 46.5 Å². The lowest BCUT2D eigenvalue weighted by molar-refractivity contribution is -0.137. The highest BCUT2D eigenvalue weighted by molar-refractivity contribution is 7.98. The Kier molecular flexibility index (Phi) is 9.35. The summed E-state index contributed by atoms with van der Waals surface area (Å²) in [5.74, 6) is 0.519. The number of carbonyl (C=O) groups excluding carboxylic acids is 1. The molecular weight excluding hydrogens is 478 g/mol. The van der Waals surface area contributed by atoms with E-state index >= 15 is 0 Å². The van der Waals surface area contributed by atoms with E-state index in [0.717, 1.165) is 26.2 Å². The molecule has 0 fully saturated rings. The Hall–Kier alpha value is -2.35. The van der Waals surface area contributed by atoms with E-state index in [9.17, 15) is 9.59 Å². The Balaban J connectivity index is 1.58. The zero-order valence-corrected chi connectivity index (χ0v) is 20.9. The first kappa shape index (κ1) is 25.3. The Labute approximate surface area is 207 Å². The van der Waals surface area contributed by atoms with Crippen LogP contribution in [-0.4, -0.2) is 27.9 Å². The number of rotatable bonds is 12. The molecule has 0 saturated carbocycles. The highest BCUT2D eigenvalue weighted by atomic mass is 35.5. The smallest absolute Gasteiger partial charge is 0.303 e. The van der Waals surface area contributed by atoms with Crippen molar-refractivity contribution in [2.75, 3.05) is 0 Å². The molecule has 1 aromatic heterocycles. The van der Waals surface area contributed by atoms with Gasteiger partial charge >= 0.3 is 5.97 Å². The van der Waals surface area contributed by atoms with Crippen LogP contribution in [0, 0.1) is 6.92 Å². The van der Waals surface area contributed by atoms with Crippen molar-refractivity contribution in [1.29, 1.82) is 0 Å². The Morgan fingerprint density at radius 3 is 2.48 bits per heavy atom. The quantitative estimate of drug-likeness (QED) is 0.215. The summed E-state index contributed by atoms with van der Waals surface area (Å²) >= 11 is 8.99. The lowest BCUT2D eigenvalue weighted by atomic mass is 10.2. The van der Waals surface area contributed by atoms with Crippen molar-refractivity contribution in [3.63, 3.8) is 0 Å². The number of aryl methyl sites for hydroxylation is 2. The maximum atomic E-state index is 13.0. The van der Waals surface area contributed by atoms with Crippen LogP contribution in [0.5, 0.6) is 5.75 Å². The van der Waals surface area contributed by atoms with E-state index in [0.29, 0.717) is 30.0 Å². The molecule has 1 heterocycles. The number of ketones is 1. The molecule has 0 aliphatic carbocycles. The molecule has 0 amide bonds. The summed E-state index contributed by atoms with van der Waals surface area (Å²) in [5.41, 5.74) is 1.98. The number of aliphatic carboxylic acids is 1. The minimum absolute atomic E-state index is 0.106. The number of halogens is 1. The second kappa shape index (κ2) is 12.2. The second-order valence-corrected chi connectivity index (χ2v) is 10.1. The van der Waals surface area contributed by atoms with E-state index in [2.05, 4.69) is 4.98 Å². The van der Waals surface area contributed by atoms with Gasteiger partial charge in [-0.1, -0.05) is 30.7 Å². The zero-order valence-electron chi connectivity index (χ0n) is 18.5. The summed E-state index contributed by atoms with van der Waals surface area (Å²) < 4.78 is 5.99. The summed E-state index contributed by atoms with van der Waals surface area (Å²) in [5, 5.41) is 9.96. The molecule has 8 heteroatoms. The third kappa shape index (κ3) is 7.59. The fourth-order valence-electron chi connectivity index (χ4n) is 3.15. The van der Waals surface area contributed by atoms with Crippen molar-refractivity contribution in [1.82, 2.24) is 4.98 Å². The molecule has 3 rings (SSSR count). The normalized spacial score (nSPS) is 11.8. The average molecular weight is 504 g/mol. The van der Waals surface area contributed by atoms with Gasteiger partial charge in [-0.25, -0.2) is 4.98 Å². The first-order valence-corrected chi connectivity index (χ1v) is 12.9. The molecule has 1 unspecified atom stereocenters. The lowest BCUT2D eigenvalue weighted by Crippen LogP contribution is -2.26. The molecule has 0 saturated heterocycles. The molecule has 1 atom stereocenters. The van der Waals surface area contributed by atoms with Crippen LogP contribution in [0.1, 0.15) is 52.1 Å². The highest BCUT2D eigenvalue weighted by Crippen LogP contribution is 2.27. The monoisotopic (exact) mass is 503 g/mol. The van der Waals surface area contributed by atoms with Gasteiger partial charge in [-0.2, -0.15) is 0 Å². The van der Waals surface area contributed by atoms with Crippen LogP contribution in [0.15, 0.2) is 53.4 Å². The van der Waals surface area contributed by atoms with Crippen molar-refractivity contribution in [2.45, 2.75) is 56.3 Å². The number of carbonyl (C=O) groups is 2. The van der Waals surface area contributed by atoms with Crippen LogP contribution >= 0.6 is 34.7 Å². The number of carboxylic acids is 1. The van der Waals surface area contributed by atoms with Crippen LogP contribution in [0.3, 0.4) is 0 Å². The van der Waals surface area contributed by atoms with Gasteiger partial charge in [0.1, 0.15) is 5.75 Å². The lowest BCUT2D eigenvalue weighted by Gasteiger charge is -2.15. The van der Waals surface area contributed by atoms with Gasteiger partial charge in [-0.15, -0.1) is 23.1 Å².